The van der Waals surface area contributed by atoms with E-state index < -0.39 is 11.9 Å². The first-order chi connectivity index (χ1) is 16.4. The van der Waals surface area contributed by atoms with Crippen molar-refractivity contribution in [2.75, 3.05) is 26.2 Å². The smallest absolute Gasteiger partial charge is 0.284 e. The van der Waals surface area contributed by atoms with Crippen LogP contribution in [0.5, 0.6) is 5.75 Å². The predicted octanol–water partition coefficient (Wildman–Crippen LogP) is 3.82. The Labute approximate surface area is 206 Å². The summed E-state index contributed by atoms with van der Waals surface area (Å²) in [6, 6.07) is 13.2. The zero-order chi connectivity index (χ0) is 24.1. The van der Waals surface area contributed by atoms with Crippen molar-refractivity contribution in [3.05, 3.63) is 70.1 Å². The first-order valence-electron chi connectivity index (χ1n) is 11.0. The summed E-state index contributed by atoms with van der Waals surface area (Å²) < 4.78 is 18.9. The number of fused-ring (bicyclic) bond motifs is 1. The van der Waals surface area contributed by atoms with Gasteiger partial charge < -0.3 is 15.2 Å². The summed E-state index contributed by atoms with van der Waals surface area (Å²) in [5.74, 6) is -0.504. The Morgan fingerprint density at radius 1 is 1.18 bits per heavy atom. The molecule has 1 aliphatic rings. The molecule has 4 rings (SSSR count). The average Bonchev–Trinajstić information content (AvgIpc) is 2.84. The van der Waals surface area contributed by atoms with Gasteiger partial charge in [-0.15, -0.1) is 0 Å². The lowest BCUT2D eigenvalue weighted by atomic mass is 10.1. The molecule has 0 saturated carbocycles. The number of carbonyl (C=O) groups is 1. The number of benzene rings is 2. The molecule has 180 valence electrons. The molecule has 7 nitrogen and oxygen atoms in total. The van der Waals surface area contributed by atoms with Gasteiger partial charge in [0.2, 0.25) is 0 Å². The number of rotatable bonds is 8. The van der Waals surface area contributed by atoms with E-state index in [4.69, 9.17) is 27.9 Å². The van der Waals surface area contributed by atoms with E-state index in [1.54, 1.807) is 24.3 Å². The Morgan fingerprint density at radius 3 is 2.74 bits per heavy atom. The summed E-state index contributed by atoms with van der Waals surface area (Å²) in [6.07, 6.45) is 0.866. The van der Waals surface area contributed by atoms with Crippen LogP contribution >= 0.6 is 23.2 Å². The third-order valence-corrected chi connectivity index (χ3v) is 6.16. The van der Waals surface area contributed by atoms with Crippen LogP contribution in [0, 0.1) is 5.82 Å². The number of halogens is 3. The molecule has 3 N–H and O–H groups in total. The second kappa shape index (κ2) is 11.3. The minimum atomic E-state index is -0.745. The Bertz CT molecular complexity index is 1160. The van der Waals surface area contributed by atoms with Crippen molar-refractivity contribution >= 4 is 40.0 Å². The van der Waals surface area contributed by atoms with Gasteiger partial charge in [0.05, 0.1) is 10.5 Å². The van der Waals surface area contributed by atoms with Gasteiger partial charge in [-0.3, -0.25) is 10.2 Å². The fraction of sp³-hybridized carbons (Fsp3) is 0.333. The maximum Gasteiger partial charge on any atom is 0.284 e. The quantitative estimate of drug-likeness (QED) is 0.430. The van der Waals surface area contributed by atoms with Crippen LogP contribution in [-0.4, -0.2) is 59.4 Å². The fourth-order valence-corrected chi connectivity index (χ4v) is 4.04. The summed E-state index contributed by atoms with van der Waals surface area (Å²) in [4.78, 5) is 17.0. The topological polar surface area (TPSA) is 86.7 Å². The molecule has 0 spiro atoms. The number of pyridine rings is 1. The number of carbonyl (C=O) groups excluding carboxylic acids is 1. The highest BCUT2D eigenvalue weighted by atomic mass is 35.5. The Hall–Kier alpha value is -2.49. The molecule has 2 heterocycles. The lowest BCUT2D eigenvalue weighted by Crippen LogP contribution is -2.51. The second-order valence-corrected chi connectivity index (χ2v) is 9.03. The number of hydrazine groups is 1. The van der Waals surface area contributed by atoms with Crippen LogP contribution in [0.25, 0.3) is 10.9 Å². The predicted molar refractivity (Wildman–Crippen MR) is 130 cm³/mol. The fourth-order valence-electron chi connectivity index (χ4n) is 3.74. The Morgan fingerprint density at radius 2 is 1.97 bits per heavy atom. The Balaban J connectivity index is 1.18. The van der Waals surface area contributed by atoms with Gasteiger partial charge in [-0.2, -0.15) is 0 Å². The third kappa shape index (κ3) is 6.55. The van der Waals surface area contributed by atoms with E-state index in [0.29, 0.717) is 41.6 Å². The molecular weight excluding hydrogens is 482 g/mol. The number of aromatic nitrogens is 1. The van der Waals surface area contributed by atoms with Crippen LogP contribution < -0.4 is 15.5 Å². The van der Waals surface area contributed by atoms with Crippen molar-refractivity contribution in [1.29, 1.82) is 0 Å². The molecule has 1 aliphatic heterocycles. The standard InChI is InChI=1S/C24H25Cl2FN4O3/c25-16-2-6-22-15(11-16)1-5-23(29-22)24(33)30-31-9-7-17(8-10-31)28-13-18(32)14-34-19-3-4-20(26)21(27)12-19/h1-6,11-12,17-18,28,32H,7-10,13-14H2,(H,30,33)/t18-/m1/s1. The van der Waals surface area contributed by atoms with Gasteiger partial charge in [0.25, 0.3) is 5.91 Å². The first-order valence-corrected chi connectivity index (χ1v) is 11.7. The first kappa shape index (κ1) is 24.6. The lowest BCUT2D eigenvalue weighted by molar-refractivity contribution is 0.0693. The molecule has 1 saturated heterocycles. The van der Waals surface area contributed by atoms with Gasteiger partial charge in [-0.1, -0.05) is 29.3 Å². The van der Waals surface area contributed by atoms with Crippen molar-refractivity contribution in [3.63, 3.8) is 0 Å². The van der Waals surface area contributed by atoms with Crippen molar-refractivity contribution in [2.24, 2.45) is 0 Å². The minimum Gasteiger partial charge on any atom is -0.491 e. The minimum absolute atomic E-state index is 0.0241. The number of amides is 1. The van der Waals surface area contributed by atoms with Gasteiger partial charge in [0.15, 0.2) is 0 Å². The van der Waals surface area contributed by atoms with Crippen molar-refractivity contribution < 1.29 is 19.0 Å². The number of nitrogens with zero attached hydrogens (tertiary/aromatic N) is 2. The van der Waals surface area contributed by atoms with Crippen molar-refractivity contribution in [1.82, 2.24) is 20.7 Å². The monoisotopic (exact) mass is 506 g/mol. The van der Waals surface area contributed by atoms with E-state index in [1.165, 1.54) is 12.1 Å². The molecular formula is C24H25Cl2FN4O3. The molecule has 2 aromatic carbocycles. The van der Waals surface area contributed by atoms with Gasteiger partial charge in [0, 0.05) is 42.2 Å². The van der Waals surface area contributed by atoms with Gasteiger partial charge >= 0.3 is 0 Å². The molecule has 0 unspecified atom stereocenters. The second-order valence-electron chi connectivity index (χ2n) is 8.18. The Kier molecular flexibility index (Phi) is 8.18. The third-order valence-electron chi connectivity index (χ3n) is 5.61. The number of aliphatic hydroxyl groups excluding tert-OH is 1. The summed E-state index contributed by atoms with van der Waals surface area (Å²) in [7, 11) is 0. The summed E-state index contributed by atoms with van der Waals surface area (Å²) in [6.45, 7) is 1.72. The van der Waals surface area contributed by atoms with Gasteiger partial charge in [-0.05, 0) is 49.2 Å². The molecule has 1 atom stereocenters. The van der Waals surface area contributed by atoms with E-state index in [-0.39, 0.29) is 23.6 Å². The average molecular weight is 507 g/mol. The van der Waals surface area contributed by atoms with E-state index >= 15 is 0 Å². The number of ether oxygens (including phenoxy) is 1. The summed E-state index contributed by atoms with van der Waals surface area (Å²) >= 11 is 11.6. The molecule has 3 aromatic rings. The highest BCUT2D eigenvalue weighted by Gasteiger charge is 2.22. The number of piperidine rings is 1. The normalized spacial score (nSPS) is 15.9. The molecule has 1 amide bonds. The van der Waals surface area contributed by atoms with Crippen LogP contribution in [-0.2, 0) is 0 Å². The summed E-state index contributed by atoms with van der Waals surface area (Å²) in [5, 5.41) is 16.9. The van der Waals surface area contributed by atoms with Gasteiger partial charge in [-0.25, -0.2) is 14.4 Å². The highest BCUT2D eigenvalue weighted by molar-refractivity contribution is 6.31. The molecule has 34 heavy (non-hydrogen) atoms. The van der Waals surface area contributed by atoms with Gasteiger partial charge in [0.1, 0.15) is 30.0 Å². The number of aliphatic hydroxyl groups is 1. The number of nitrogens with one attached hydrogen (secondary N) is 2. The molecule has 0 bridgehead atoms. The molecule has 0 aliphatic carbocycles. The largest absolute Gasteiger partial charge is 0.491 e. The highest BCUT2D eigenvalue weighted by Crippen LogP contribution is 2.21. The van der Waals surface area contributed by atoms with Crippen LogP contribution in [0.2, 0.25) is 10.0 Å². The van der Waals surface area contributed by atoms with Crippen molar-refractivity contribution in [2.45, 2.75) is 25.0 Å². The zero-order valence-corrected chi connectivity index (χ0v) is 19.8. The van der Waals surface area contributed by atoms with Crippen LogP contribution in [0.15, 0.2) is 48.5 Å². The number of hydrogen-bond acceptors (Lipinski definition) is 6. The molecule has 0 radical (unpaired) electrons. The maximum atomic E-state index is 13.5. The van der Waals surface area contributed by atoms with Crippen LogP contribution in [0.4, 0.5) is 4.39 Å². The van der Waals surface area contributed by atoms with E-state index in [9.17, 15) is 14.3 Å². The van der Waals surface area contributed by atoms with Crippen LogP contribution in [0.3, 0.4) is 0 Å². The molecule has 1 fully saturated rings. The van der Waals surface area contributed by atoms with E-state index in [1.807, 2.05) is 17.1 Å². The summed E-state index contributed by atoms with van der Waals surface area (Å²) in [5.41, 5.74) is 3.97. The lowest BCUT2D eigenvalue weighted by Gasteiger charge is -2.32. The molecule has 1 aromatic heterocycles. The zero-order valence-electron chi connectivity index (χ0n) is 18.3. The maximum absolute atomic E-state index is 13.5. The number of hydrogen-bond donors (Lipinski definition) is 3. The molecule has 10 heteroatoms. The van der Waals surface area contributed by atoms with Crippen molar-refractivity contribution in [3.8, 4) is 5.75 Å². The van der Waals surface area contributed by atoms with E-state index in [0.717, 1.165) is 18.2 Å². The SMILES string of the molecule is O=C(NN1CCC(NC[C@@H](O)COc2ccc(Cl)c(F)c2)CC1)c1ccc2cc(Cl)ccc2n1. The van der Waals surface area contributed by atoms with E-state index in [2.05, 4.69) is 15.7 Å². The van der Waals surface area contributed by atoms with Crippen LogP contribution in [0.1, 0.15) is 23.3 Å².